The average Bonchev–Trinajstić information content (AvgIpc) is 3.56. The second-order valence-corrected chi connectivity index (χ2v) is 11.4. The molecule has 2 heterocycles. The minimum atomic E-state index is -1.15. The fourth-order valence-electron chi connectivity index (χ4n) is 4.64. The number of aliphatic carboxylic acids is 1. The molecule has 208 valence electrons. The van der Waals surface area contributed by atoms with Crippen molar-refractivity contribution in [3.8, 4) is 0 Å². The minimum Gasteiger partial charge on any atom is -0.480 e. The number of carbonyl (C=O) groups excluding carboxylic acids is 3. The van der Waals surface area contributed by atoms with Crippen LogP contribution in [0.5, 0.6) is 0 Å². The van der Waals surface area contributed by atoms with E-state index in [1.807, 2.05) is 36.8 Å². The van der Waals surface area contributed by atoms with Crippen LogP contribution in [0.1, 0.15) is 31.2 Å². The number of H-pyrrole nitrogens is 1. The highest BCUT2D eigenvalue weighted by Crippen LogP contribution is 2.22. The lowest BCUT2D eigenvalue weighted by Gasteiger charge is -2.30. The zero-order chi connectivity index (χ0) is 27.7. The number of rotatable bonds is 14. The molecular formula is C26H37N5O5S2. The summed E-state index contributed by atoms with van der Waals surface area (Å²) >= 11 is 3.15. The van der Waals surface area contributed by atoms with Gasteiger partial charge in [0.2, 0.25) is 17.7 Å². The Morgan fingerprint density at radius 2 is 1.82 bits per heavy atom. The molecule has 3 amide bonds. The molecule has 0 bridgehead atoms. The Morgan fingerprint density at radius 1 is 1.11 bits per heavy atom. The summed E-state index contributed by atoms with van der Waals surface area (Å²) in [7, 11) is 0. The fraction of sp³-hybridized carbons (Fsp3) is 0.538. The van der Waals surface area contributed by atoms with E-state index in [1.54, 1.807) is 29.7 Å². The standard InChI is InChI=1S/C26H37N5O5S2/c1-37-12-9-18(27)23(32)29-20(10-13-38-2)25(34)31-11-5-8-22(31)24(33)30-21(26(35)36)14-16-15-28-19-7-4-3-6-17(16)19/h3-4,6-7,15,18,20-22,28H,5,8-14,27H2,1-2H3,(H,29,32)(H,30,33)(H,35,36). The number of benzene rings is 1. The number of aromatic amines is 1. The lowest BCUT2D eigenvalue weighted by molar-refractivity contribution is -0.144. The van der Waals surface area contributed by atoms with Gasteiger partial charge in [-0.2, -0.15) is 23.5 Å². The van der Waals surface area contributed by atoms with Gasteiger partial charge in [0, 0.05) is 30.1 Å². The zero-order valence-corrected chi connectivity index (χ0v) is 23.4. The summed E-state index contributed by atoms with van der Waals surface area (Å²) < 4.78 is 0. The van der Waals surface area contributed by atoms with Crippen LogP contribution in [0.4, 0.5) is 0 Å². The Hall–Kier alpha value is -2.70. The van der Waals surface area contributed by atoms with E-state index < -0.39 is 36.0 Å². The first-order valence-corrected chi connectivity index (χ1v) is 15.5. The number of amides is 3. The van der Waals surface area contributed by atoms with Crippen LogP contribution in [0, 0.1) is 0 Å². The molecule has 1 fully saturated rings. The molecule has 4 atom stereocenters. The van der Waals surface area contributed by atoms with Crippen molar-refractivity contribution in [1.29, 1.82) is 0 Å². The summed E-state index contributed by atoms with van der Waals surface area (Å²) in [5, 5.41) is 16.2. The van der Waals surface area contributed by atoms with E-state index in [1.165, 1.54) is 4.90 Å². The molecule has 1 saturated heterocycles. The molecular weight excluding hydrogens is 526 g/mol. The van der Waals surface area contributed by atoms with Crippen LogP contribution in [0.2, 0.25) is 0 Å². The Bertz CT molecular complexity index is 1130. The number of para-hydroxylation sites is 1. The van der Waals surface area contributed by atoms with Crippen molar-refractivity contribution >= 4 is 58.1 Å². The van der Waals surface area contributed by atoms with Crippen LogP contribution in [0.3, 0.4) is 0 Å². The second-order valence-electron chi connectivity index (χ2n) is 9.38. The molecule has 1 aromatic heterocycles. The fourth-order valence-corrected chi connectivity index (χ4v) is 5.60. The normalized spacial score (nSPS) is 17.7. The first kappa shape index (κ1) is 29.9. The third-order valence-corrected chi connectivity index (χ3v) is 8.03. The van der Waals surface area contributed by atoms with Crippen LogP contribution in [0.15, 0.2) is 30.5 Å². The molecule has 0 spiro atoms. The number of fused-ring (bicyclic) bond motifs is 1. The number of nitrogens with one attached hydrogen (secondary N) is 3. The highest BCUT2D eigenvalue weighted by Gasteiger charge is 2.39. The molecule has 38 heavy (non-hydrogen) atoms. The molecule has 3 rings (SSSR count). The zero-order valence-electron chi connectivity index (χ0n) is 21.8. The number of likely N-dealkylation sites (tertiary alicyclic amines) is 1. The van der Waals surface area contributed by atoms with Crippen molar-refractivity contribution in [1.82, 2.24) is 20.5 Å². The lowest BCUT2D eigenvalue weighted by atomic mass is 10.0. The molecule has 10 nitrogen and oxygen atoms in total. The highest BCUT2D eigenvalue weighted by molar-refractivity contribution is 7.98. The van der Waals surface area contributed by atoms with E-state index in [2.05, 4.69) is 15.6 Å². The largest absolute Gasteiger partial charge is 0.480 e. The molecule has 2 aromatic rings. The third-order valence-electron chi connectivity index (χ3n) is 6.75. The monoisotopic (exact) mass is 563 g/mol. The van der Waals surface area contributed by atoms with Crippen LogP contribution < -0.4 is 16.4 Å². The second kappa shape index (κ2) is 14.5. The number of aromatic nitrogens is 1. The SMILES string of the molecule is CSCCC(N)C(=O)NC(CCSC)C(=O)N1CCCC1C(=O)NC(Cc1c[nH]c2ccccc12)C(=O)O. The third kappa shape index (κ3) is 7.67. The average molecular weight is 564 g/mol. The molecule has 6 N–H and O–H groups in total. The van der Waals surface area contributed by atoms with E-state index in [-0.39, 0.29) is 18.2 Å². The predicted octanol–water partition coefficient (Wildman–Crippen LogP) is 1.59. The Kier molecular flexibility index (Phi) is 11.4. The van der Waals surface area contributed by atoms with Gasteiger partial charge in [-0.3, -0.25) is 14.4 Å². The maximum atomic E-state index is 13.5. The van der Waals surface area contributed by atoms with Gasteiger partial charge in [-0.1, -0.05) is 18.2 Å². The maximum Gasteiger partial charge on any atom is 0.326 e. The topological polar surface area (TPSA) is 158 Å². The van der Waals surface area contributed by atoms with Gasteiger partial charge in [-0.15, -0.1) is 0 Å². The van der Waals surface area contributed by atoms with Gasteiger partial charge >= 0.3 is 5.97 Å². The number of nitrogens with two attached hydrogens (primary N) is 1. The van der Waals surface area contributed by atoms with Crippen molar-refractivity contribution in [3.63, 3.8) is 0 Å². The molecule has 1 aliphatic heterocycles. The predicted molar refractivity (Wildman–Crippen MR) is 152 cm³/mol. The van der Waals surface area contributed by atoms with E-state index in [0.717, 1.165) is 22.2 Å². The molecule has 0 radical (unpaired) electrons. The van der Waals surface area contributed by atoms with Crippen molar-refractivity contribution < 1.29 is 24.3 Å². The summed E-state index contributed by atoms with van der Waals surface area (Å²) in [4.78, 5) is 56.1. The van der Waals surface area contributed by atoms with Gasteiger partial charge in [0.15, 0.2) is 0 Å². The molecule has 1 aliphatic rings. The Balaban J connectivity index is 1.69. The van der Waals surface area contributed by atoms with Crippen LogP contribution >= 0.6 is 23.5 Å². The summed E-state index contributed by atoms with van der Waals surface area (Å²) in [5.74, 6) is -1.00. The summed E-state index contributed by atoms with van der Waals surface area (Å²) in [6.45, 7) is 0.362. The summed E-state index contributed by atoms with van der Waals surface area (Å²) in [6.07, 6.45) is 7.65. The van der Waals surface area contributed by atoms with Crippen molar-refractivity contribution in [2.75, 3.05) is 30.6 Å². The first-order chi connectivity index (χ1) is 18.3. The number of nitrogens with zero attached hydrogens (tertiary/aromatic N) is 1. The van der Waals surface area contributed by atoms with E-state index in [0.29, 0.717) is 38.0 Å². The minimum absolute atomic E-state index is 0.103. The van der Waals surface area contributed by atoms with Crippen molar-refractivity contribution in [2.45, 2.75) is 56.3 Å². The Morgan fingerprint density at radius 3 is 2.53 bits per heavy atom. The van der Waals surface area contributed by atoms with E-state index in [4.69, 9.17) is 5.73 Å². The first-order valence-electron chi connectivity index (χ1n) is 12.7. The number of hydrogen-bond acceptors (Lipinski definition) is 7. The van der Waals surface area contributed by atoms with Crippen LogP contribution in [-0.4, -0.2) is 93.4 Å². The van der Waals surface area contributed by atoms with Gasteiger partial charge < -0.3 is 31.4 Å². The van der Waals surface area contributed by atoms with Gasteiger partial charge in [-0.25, -0.2) is 4.79 Å². The number of carbonyl (C=O) groups is 4. The Labute approximate surface area is 231 Å². The highest BCUT2D eigenvalue weighted by atomic mass is 32.2. The van der Waals surface area contributed by atoms with Crippen LogP contribution in [0.25, 0.3) is 10.9 Å². The van der Waals surface area contributed by atoms with E-state index in [9.17, 15) is 24.3 Å². The van der Waals surface area contributed by atoms with E-state index >= 15 is 0 Å². The molecule has 12 heteroatoms. The van der Waals surface area contributed by atoms with Gasteiger partial charge in [0.25, 0.3) is 0 Å². The molecule has 4 unspecified atom stereocenters. The number of hydrogen-bond donors (Lipinski definition) is 5. The van der Waals surface area contributed by atoms with Crippen molar-refractivity contribution in [2.24, 2.45) is 5.73 Å². The van der Waals surface area contributed by atoms with Gasteiger partial charge in [0.1, 0.15) is 18.1 Å². The lowest BCUT2D eigenvalue weighted by Crippen LogP contribution is -2.57. The molecule has 1 aromatic carbocycles. The van der Waals surface area contributed by atoms with Gasteiger partial charge in [-0.05, 0) is 61.3 Å². The summed E-state index contributed by atoms with van der Waals surface area (Å²) in [6, 6.07) is 4.09. The maximum absolute atomic E-state index is 13.5. The smallest absolute Gasteiger partial charge is 0.326 e. The quantitative estimate of drug-likeness (QED) is 0.232. The number of thioether (sulfide) groups is 2. The number of carboxylic acids is 1. The van der Waals surface area contributed by atoms with Crippen LogP contribution in [-0.2, 0) is 25.6 Å². The van der Waals surface area contributed by atoms with Crippen molar-refractivity contribution in [3.05, 3.63) is 36.0 Å². The molecule has 0 aliphatic carbocycles. The molecule has 0 saturated carbocycles. The summed E-state index contributed by atoms with van der Waals surface area (Å²) in [5.41, 5.74) is 7.67. The number of carboxylic acid groups (broad SMARTS) is 1. The van der Waals surface area contributed by atoms with Gasteiger partial charge in [0.05, 0.1) is 6.04 Å².